The highest BCUT2D eigenvalue weighted by Crippen LogP contribution is 2.38. The maximum atomic E-state index is 13.8. The van der Waals surface area contributed by atoms with Crippen LogP contribution in [-0.2, 0) is 14.3 Å². The molecule has 9 nitrogen and oxygen atoms in total. The Hall–Kier alpha value is -3.43. The number of benzene rings is 2. The molecule has 2 aromatic carbocycles. The molecule has 0 radical (unpaired) electrons. The first-order chi connectivity index (χ1) is 19.1. The number of rotatable bonds is 14. The van der Waals surface area contributed by atoms with Gasteiger partial charge in [-0.3, -0.25) is 9.59 Å². The zero-order valence-electron chi connectivity index (χ0n) is 24.6. The Morgan fingerprint density at radius 2 is 1.60 bits per heavy atom. The molecule has 1 saturated carbocycles. The molecule has 1 fully saturated rings. The van der Waals surface area contributed by atoms with E-state index in [9.17, 15) is 14.4 Å². The molecule has 9 heteroatoms. The summed E-state index contributed by atoms with van der Waals surface area (Å²) in [5.41, 5.74) is 1.11. The molecule has 0 heterocycles. The molecular formula is C31H42N2O7. The minimum absolute atomic E-state index is 0.0669. The van der Waals surface area contributed by atoms with Crippen LogP contribution in [0.5, 0.6) is 11.5 Å². The van der Waals surface area contributed by atoms with Crippen LogP contribution >= 0.6 is 0 Å². The van der Waals surface area contributed by atoms with Crippen molar-refractivity contribution in [1.82, 2.24) is 10.2 Å². The predicted octanol–water partition coefficient (Wildman–Crippen LogP) is 5.28. The third-order valence-electron chi connectivity index (χ3n) is 7.63. The summed E-state index contributed by atoms with van der Waals surface area (Å²) in [7, 11) is 2.97. The molecule has 218 valence electrons. The Kier molecular flexibility index (Phi) is 10.7. The lowest BCUT2D eigenvalue weighted by atomic mass is 9.71. The Balaban J connectivity index is 1.88. The highest BCUT2D eigenvalue weighted by Gasteiger charge is 2.50. The highest BCUT2D eigenvalue weighted by atomic mass is 16.5. The van der Waals surface area contributed by atoms with E-state index in [1.165, 1.54) is 28.1 Å². The van der Waals surface area contributed by atoms with Crippen molar-refractivity contribution in [2.24, 2.45) is 0 Å². The number of nitrogens with one attached hydrogen (secondary N) is 1. The summed E-state index contributed by atoms with van der Waals surface area (Å²) in [6.07, 6.45) is 0.628. The van der Waals surface area contributed by atoms with E-state index >= 15 is 0 Å². The minimum Gasteiger partial charge on any atom is -0.496 e. The number of ketones is 2. The molecule has 2 atom stereocenters. The monoisotopic (exact) mass is 554 g/mol. The largest absolute Gasteiger partial charge is 0.496 e. The van der Waals surface area contributed by atoms with Gasteiger partial charge < -0.3 is 29.2 Å². The number of amides is 2. The van der Waals surface area contributed by atoms with Gasteiger partial charge in [0, 0.05) is 26.0 Å². The Morgan fingerprint density at radius 1 is 1.00 bits per heavy atom. The van der Waals surface area contributed by atoms with Crippen molar-refractivity contribution in [2.45, 2.75) is 71.2 Å². The van der Waals surface area contributed by atoms with Gasteiger partial charge in [-0.2, -0.15) is 0 Å². The summed E-state index contributed by atoms with van der Waals surface area (Å²) in [5.74, 6) is 0.430. The molecule has 2 aromatic rings. The van der Waals surface area contributed by atoms with E-state index in [4.69, 9.17) is 18.9 Å². The van der Waals surface area contributed by atoms with Crippen LogP contribution < -0.4 is 14.8 Å². The second kappa shape index (κ2) is 13.8. The molecule has 1 unspecified atom stereocenters. The van der Waals surface area contributed by atoms with Crippen molar-refractivity contribution in [3.63, 3.8) is 0 Å². The van der Waals surface area contributed by atoms with Gasteiger partial charge in [-0.25, -0.2) is 4.79 Å². The van der Waals surface area contributed by atoms with E-state index in [-0.39, 0.29) is 43.0 Å². The van der Waals surface area contributed by atoms with Crippen molar-refractivity contribution in [2.75, 3.05) is 34.0 Å². The van der Waals surface area contributed by atoms with Crippen molar-refractivity contribution < 1.29 is 33.3 Å². The number of carbonyl (C=O) groups excluding carboxylic acids is 3. The summed E-state index contributed by atoms with van der Waals surface area (Å²) in [6.45, 7) is 9.77. The molecular weight excluding hydrogens is 512 g/mol. The minimum atomic E-state index is -0.971. The van der Waals surface area contributed by atoms with Crippen LogP contribution in [0.1, 0.15) is 81.1 Å². The molecule has 0 aliphatic heterocycles. The van der Waals surface area contributed by atoms with E-state index in [0.717, 1.165) is 5.56 Å². The van der Waals surface area contributed by atoms with Crippen LogP contribution in [0.3, 0.4) is 0 Å². The number of Topliss-reactive ketones (excluding diaryl/α,β-unsaturated/α-hetero) is 2. The number of hydrogen-bond acceptors (Lipinski definition) is 7. The number of carbonyl (C=O) groups is 3. The van der Waals surface area contributed by atoms with E-state index < -0.39 is 11.6 Å². The first-order valence-electron chi connectivity index (χ1n) is 13.7. The zero-order chi connectivity index (χ0) is 29.4. The lowest BCUT2D eigenvalue weighted by molar-refractivity contribution is -0.134. The van der Waals surface area contributed by atoms with E-state index in [1.807, 2.05) is 51.1 Å². The summed E-state index contributed by atoms with van der Waals surface area (Å²) < 4.78 is 22.8. The molecule has 3 rings (SSSR count). The van der Waals surface area contributed by atoms with Gasteiger partial charge in [-0.1, -0.05) is 30.3 Å². The maximum absolute atomic E-state index is 13.8. The van der Waals surface area contributed by atoms with Crippen molar-refractivity contribution in [1.29, 1.82) is 0 Å². The second-order valence-corrected chi connectivity index (χ2v) is 10.2. The Morgan fingerprint density at radius 3 is 2.10 bits per heavy atom. The molecule has 1 aliphatic carbocycles. The zero-order valence-corrected chi connectivity index (χ0v) is 24.6. The van der Waals surface area contributed by atoms with Crippen LogP contribution in [0.25, 0.3) is 0 Å². The standard InChI is InChI=1S/C31H42N2O7/c1-8-39-26-18-31(19-26,23(5)35)32-30(36)33(14-15-40-22(4)24-12-10-9-11-13-24)20(2)25-16-27(37-6)29(21(3)34)28(17-25)38-7/h9-13,16-17,20,22,26H,8,14-15,18-19H2,1-7H3,(H,32,36)/t20?,22-,26?,31?/m0/s1. The van der Waals surface area contributed by atoms with Gasteiger partial charge in [-0.05, 0) is 57.9 Å². The lowest BCUT2D eigenvalue weighted by Crippen LogP contribution is -2.66. The van der Waals surface area contributed by atoms with E-state index in [1.54, 1.807) is 17.0 Å². The first-order valence-corrected chi connectivity index (χ1v) is 13.7. The fourth-order valence-electron chi connectivity index (χ4n) is 5.14. The normalized spacial score (nSPS) is 19.6. The average molecular weight is 555 g/mol. The fourth-order valence-corrected chi connectivity index (χ4v) is 5.14. The Labute approximate surface area is 237 Å². The van der Waals surface area contributed by atoms with E-state index in [2.05, 4.69) is 5.32 Å². The number of nitrogens with zero attached hydrogens (tertiary/aromatic N) is 1. The quantitative estimate of drug-likeness (QED) is 0.317. The third-order valence-corrected chi connectivity index (χ3v) is 7.63. The van der Waals surface area contributed by atoms with Crippen LogP contribution in [0.2, 0.25) is 0 Å². The first kappa shape index (κ1) is 31.1. The maximum Gasteiger partial charge on any atom is 0.318 e. The number of methoxy groups -OCH3 is 2. The van der Waals surface area contributed by atoms with Crippen LogP contribution in [0.4, 0.5) is 4.79 Å². The lowest BCUT2D eigenvalue weighted by Gasteiger charge is -2.47. The smallest absolute Gasteiger partial charge is 0.318 e. The van der Waals surface area contributed by atoms with Gasteiger partial charge in [0.25, 0.3) is 0 Å². The topological polar surface area (TPSA) is 103 Å². The highest BCUT2D eigenvalue weighted by molar-refractivity contribution is 6.00. The fraction of sp³-hybridized carbons (Fsp3) is 0.516. The third kappa shape index (κ3) is 7.01. The van der Waals surface area contributed by atoms with Gasteiger partial charge in [0.05, 0.1) is 39.1 Å². The average Bonchev–Trinajstić information content (AvgIpc) is 2.92. The van der Waals surface area contributed by atoms with Gasteiger partial charge in [0.15, 0.2) is 11.6 Å². The van der Waals surface area contributed by atoms with Gasteiger partial charge >= 0.3 is 6.03 Å². The molecule has 0 spiro atoms. The SMILES string of the molecule is CCOC1CC(NC(=O)N(CCO[C@@H](C)c2ccccc2)C(C)c2cc(OC)c(C(C)=O)c(OC)c2)(C(C)=O)C1. The van der Waals surface area contributed by atoms with E-state index in [0.29, 0.717) is 42.1 Å². The van der Waals surface area contributed by atoms with Gasteiger partial charge in [0.2, 0.25) is 0 Å². The van der Waals surface area contributed by atoms with Crippen molar-refractivity contribution in [3.05, 3.63) is 59.2 Å². The van der Waals surface area contributed by atoms with Gasteiger partial charge in [0.1, 0.15) is 22.6 Å². The number of ether oxygens (including phenoxy) is 4. The summed E-state index contributed by atoms with van der Waals surface area (Å²) in [6, 6.07) is 12.5. The molecule has 1 N–H and O–H groups in total. The molecule has 1 aliphatic rings. The summed E-state index contributed by atoms with van der Waals surface area (Å²) >= 11 is 0. The van der Waals surface area contributed by atoms with Gasteiger partial charge in [-0.15, -0.1) is 0 Å². The molecule has 0 aromatic heterocycles. The second-order valence-electron chi connectivity index (χ2n) is 10.2. The Bertz CT molecular complexity index is 1150. The van der Waals surface area contributed by atoms with Crippen molar-refractivity contribution in [3.8, 4) is 11.5 Å². The molecule has 0 bridgehead atoms. The number of urea groups is 1. The predicted molar refractivity (Wildman–Crippen MR) is 152 cm³/mol. The number of hydrogen-bond donors (Lipinski definition) is 1. The van der Waals surface area contributed by atoms with Crippen LogP contribution in [0, 0.1) is 0 Å². The summed E-state index contributed by atoms with van der Waals surface area (Å²) in [5, 5.41) is 3.01. The van der Waals surface area contributed by atoms with Crippen molar-refractivity contribution >= 4 is 17.6 Å². The molecule has 2 amide bonds. The molecule has 0 saturated heterocycles. The summed E-state index contributed by atoms with van der Waals surface area (Å²) in [4.78, 5) is 40.4. The molecule has 40 heavy (non-hydrogen) atoms. The van der Waals surface area contributed by atoms with Crippen LogP contribution in [0.15, 0.2) is 42.5 Å². The van der Waals surface area contributed by atoms with Crippen LogP contribution in [-0.4, -0.2) is 68.1 Å².